The summed E-state index contributed by atoms with van der Waals surface area (Å²) in [6.45, 7) is 0.899. The quantitative estimate of drug-likeness (QED) is 0.695. The Morgan fingerprint density at radius 3 is 2.48 bits per heavy atom. The number of imide groups is 1. The molecule has 7 heteroatoms. The van der Waals surface area contributed by atoms with Crippen LogP contribution < -0.4 is 0 Å². The van der Waals surface area contributed by atoms with Crippen molar-refractivity contribution in [3.8, 4) is 0 Å². The molecule has 152 valence electrons. The number of fused-ring (bicyclic) bond motifs is 2. The molecule has 2 aromatic rings. The van der Waals surface area contributed by atoms with Crippen molar-refractivity contribution in [2.45, 2.75) is 44.6 Å². The SMILES string of the molecule is O=C1C2CCCCC2C(=O)N1CCC(=O)N1CCc2sccc2C1c1cccs1. The van der Waals surface area contributed by atoms with E-state index in [9.17, 15) is 14.4 Å². The first-order valence-electron chi connectivity index (χ1n) is 10.4. The first-order chi connectivity index (χ1) is 14.1. The monoisotopic (exact) mass is 428 g/mol. The van der Waals surface area contributed by atoms with Gasteiger partial charge in [0.15, 0.2) is 0 Å². The molecule has 4 heterocycles. The Kier molecular flexibility index (Phi) is 5.04. The summed E-state index contributed by atoms with van der Waals surface area (Å²) in [5.41, 5.74) is 1.22. The number of hydrogen-bond acceptors (Lipinski definition) is 5. The fourth-order valence-corrected chi connectivity index (χ4v) is 6.90. The van der Waals surface area contributed by atoms with Crippen LogP contribution in [0.1, 0.15) is 53.5 Å². The van der Waals surface area contributed by atoms with Crippen LogP contribution in [0.3, 0.4) is 0 Å². The van der Waals surface area contributed by atoms with Crippen molar-refractivity contribution in [1.82, 2.24) is 9.80 Å². The van der Waals surface area contributed by atoms with Crippen LogP contribution in [0.4, 0.5) is 0 Å². The molecule has 3 atom stereocenters. The molecule has 1 aliphatic carbocycles. The maximum absolute atomic E-state index is 13.2. The summed E-state index contributed by atoms with van der Waals surface area (Å²) >= 11 is 3.42. The number of likely N-dealkylation sites (tertiary alicyclic amines) is 1. The summed E-state index contributed by atoms with van der Waals surface area (Å²) in [7, 11) is 0. The Labute approximate surface area is 178 Å². The molecular formula is C22H24N2O3S2. The van der Waals surface area contributed by atoms with Gasteiger partial charge in [0.05, 0.1) is 17.9 Å². The molecule has 2 aliphatic heterocycles. The zero-order valence-electron chi connectivity index (χ0n) is 16.2. The van der Waals surface area contributed by atoms with Gasteiger partial charge in [-0.15, -0.1) is 22.7 Å². The molecule has 0 bridgehead atoms. The molecule has 2 aromatic heterocycles. The standard InChI is InChI=1S/C22H24N2O3S2/c25-19(8-11-24-21(26)14-4-1-2-5-15(14)22(24)27)23-10-7-17-16(9-13-29-17)20(23)18-6-3-12-28-18/h3,6,9,12-15,20H,1-2,4-5,7-8,10-11H2. The van der Waals surface area contributed by atoms with Crippen molar-refractivity contribution in [3.05, 3.63) is 44.3 Å². The second kappa shape index (κ2) is 7.69. The molecule has 5 nitrogen and oxygen atoms in total. The number of nitrogens with zero attached hydrogens (tertiary/aromatic N) is 2. The van der Waals surface area contributed by atoms with Gasteiger partial charge < -0.3 is 4.90 Å². The van der Waals surface area contributed by atoms with Crippen molar-refractivity contribution in [3.63, 3.8) is 0 Å². The Balaban J connectivity index is 1.32. The highest BCUT2D eigenvalue weighted by Crippen LogP contribution is 2.40. The van der Waals surface area contributed by atoms with Gasteiger partial charge in [0, 0.05) is 29.3 Å². The third-order valence-electron chi connectivity index (χ3n) is 6.58. The van der Waals surface area contributed by atoms with Crippen LogP contribution in [-0.2, 0) is 20.8 Å². The van der Waals surface area contributed by atoms with Crippen LogP contribution in [0.2, 0.25) is 0 Å². The average molecular weight is 429 g/mol. The van der Waals surface area contributed by atoms with E-state index in [1.54, 1.807) is 22.7 Å². The molecule has 0 aromatic carbocycles. The van der Waals surface area contributed by atoms with Gasteiger partial charge in [-0.25, -0.2) is 0 Å². The Bertz CT molecular complexity index is 912. The summed E-state index contributed by atoms with van der Waals surface area (Å²) in [4.78, 5) is 44.4. The van der Waals surface area contributed by atoms with Gasteiger partial charge in [-0.3, -0.25) is 19.3 Å². The van der Waals surface area contributed by atoms with Gasteiger partial charge in [0.2, 0.25) is 17.7 Å². The Morgan fingerprint density at radius 2 is 1.79 bits per heavy atom. The van der Waals surface area contributed by atoms with Crippen LogP contribution in [0.5, 0.6) is 0 Å². The molecule has 2 fully saturated rings. The van der Waals surface area contributed by atoms with E-state index in [-0.39, 0.29) is 48.6 Å². The Hall–Kier alpha value is -1.99. The minimum atomic E-state index is -0.145. The van der Waals surface area contributed by atoms with Gasteiger partial charge in [-0.05, 0) is 47.7 Å². The average Bonchev–Trinajstić information content (AvgIpc) is 3.48. The molecule has 1 saturated carbocycles. The number of rotatable bonds is 4. The molecular weight excluding hydrogens is 404 g/mol. The zero-order chi connectivity index (χ0) is 20.0. The van der Waals surface area contributed by atoms with E-state index in [0.29, 0.717) is 6.54 Å². The zero-order valence-corrected chi connectivity index (χ0v) is 17.8. The number of hydrogen-bond donors (Lipinski definition) is 0. The summed E-state index contributed by atoms with van der Waals surface area (Å²) < 4.78 is 0. The van der Waals surface area contributed by atoms with Crippen molar-refractivity contribution >= 4 is 40.4 Å². The van der Waals surface area contributed by atoms with E-state index >= 15 is 0 Å². The third kappa shape index (κ3) is 3.24. The van der Waals surface area contributed by atoms with E-state index in [1.165, 1.54) is 15.3 Å². The van der Waals surface area contributed by atoms with E-state index in [1.807, 2.05) is 16.3 Å². The van der Waals surface area contributed by atoms with Crippen LogP contribution in [0, 0.1) is 11.8 Å². The predicted molar refractivity (Wildman–Crippen MR) is 113 cm³/mol. The highest BCUT2D eigenvalue weighted by atomic mass is 32.1. The van der Waals surface area contributed by atoms with E-state index in [4.69, 9.17) is 0 Å². The van der Waals surface area contributed by atoms with Gasteiger partial charge >= 0.3 is 0 Å². The fraction of sp³-hybridized carbons (Fsp3) is 0.500. The number of carbonyl (C=O) groups is 3. The van der Waals surface area contributed by atoms with Gasteiger partial charge in [-0.2, -0.15) is 0 Å². The molecule has 1 saturated heterocycles. The van der Waals surface area contributed by atoms with Crippen LogP contribution in [0.25, 0.3) is 0 Å². The van der Waals surface area contributed by atoms with Crippen molar-refractivity contribution in [1.29, 1.82) is 0 Å². The smallest absolute Gasteiger partial charge is 0.233 e. The molecule has 0 spiro atoms. The number of carbonyl (C=O) groups excluding carboxylic acids is 3. The lowest BCUT2D eigenvalue weighted by Crippen LogP contribution is -2.42. The van der Waals surface area contributed by atoms with E-state index in [2.05, 4.69) is 17.5 Å². The normalized spacial score (nSPS) is 26.6. The molecule has 5 rings (SSSR count). The number of amides is 3. The summed E-state index contributed by atoms with van der Waals surface area (Å²) in [5.74, 6) is -0.375. The highest BCUT2D eigenvalue weighted by molar-refractivity contribution is 7.10. The second-order valence-electron chi connectivity index (χ2n) is 8.13. The summed E-state index contributed by atoms with van der Waals surface area (Å²) in [5, 5.41) is 4.14. The Morgan fingerprint density at radius 1 is 1.03 bits per heavy atom. The second-order valence-corrected chi connectivity index (χ2v) is 10.1. The molecule has 0 N–H and O–H groups in total. The van der Waals surface area contributed by atoms with Crippen molar-refractivity contribution in [2.24, 2.45) is 11.8 Å². The maximum atomic E-state index is 13.2. The van der Waals surface area contributed by atoms with Crippen LogP contribution in [0.15, 0.2) is 29.0 Å². The minimum absolute atomic E-state index is 0.0238. The summed E-state index contributed by atoms with van der Waals surface area (Å²) in [6.07, 6.45) is 4.74. The maximum Gasteiger partial charge on any atom is 0.233 e. The lowest BCUT2D eigenvalue weighted by atomic mass is 9.81. The third-order valence-corrected chi connectivity index (χ3v) is 8.50. The van der Waals surface area contributed by atoms with Crippen LogP contribution in [-0.4, -0.2) is 40.6 Å². The number of thiophene rings is 2. The van der Waals surface area contributed by atoms with Gasteiger partial charge in [0.1, 0.15) is 0 Å². The minimum Gasteiger partial charge on any atom is -0.330 e. The largest absolute Gasteiger partial charge is 0.330 e. The lowest BCUT2D eigenvalue weighted by Gasteiger charge is -2.36. The van der Waals surface area contributed by atoms with E-state index in [0.717, 1.165) is 37.0 Å². The lowest BCUT2D eigenvalue weighted by molar-refractivity contribution is -0.141. The van der Waals surface area contributed by atoms with Crippen LogP contribution >= 0.6 is 22.7 Å². The van der Waals surface area contributed by atoms with Gasteiger partial charge in [0.25, 0.3) is 0 Å². The van der Waals surface area contributed by atoms with Crippen molar-refractivity contribution < 1.29 is 14.4 Å². The first kappa shape index (κ1) is 19.0. The van der Waals surface area contributed by atoms with E-state index < -0.39 is 0 Å². The van der Waals surface area contributed by atoms with Gasteiger partial charge in [-0.1, -0.05) is 18.9 Å². The molecule has 3 unspecified atom stereocenters. The molecule has 3 amide bonds. The molecule has 0 radical (unpaired) electrons. The topological polar surface area (TPSA) is 57.7 Å². The first-order valence-corrected chi connectivity index (χ1v) is 12.2. The molecule has 3 aliphatic rings. The highest BCUT2D eigenvalue weighted by Gasteiger charge is 2.48. The molecule has 29 heavy (non-hydrogen) atoms. The van der Waals surface area contributed by atoms with Crippen molar-refractivity contribution in [2.75, 3.05) is 13.1 Å². The summed E-state index contributed by atoms with van der Waals surface area (Å²) in [6, 6.07) is 6.18. The predicted octanol–water partition coefficient (Wildman–Crippen LogP) is 3.85. The fourth-order valence-electron chi connectivity index (χ4n) is 5.14.